The fourth-order valence-electron chi connectivity index (χ4n) is 2.21. The van der Waals surface area contributed by atoms with Gasteiger partial charge in [0.05, 0.1) is 4.88 Å². The monoisotopic (exact) mass is 289 g/mol. The molecular formula is C16H21N2OS+. The lowest BCUT2D eigenvalue weighted by molar-refractivity contribution is -0.704. The number of nitrogens with one attached hydrogen (secondary N) is 1. The van der Waals surface area contributed by atoms with Crippen molar-refractivity contribution in [2.24, 2.45) is 0 Å². The lowest BCUT2D eigenvalue weighted by atomic mass is 10.0. The second-order valence-corrected chi connectivity index (χ2v) is 5.76. The summed E-state index contributed by atoms with van der Waals surface area (Å²) in [5.41, 5.74) is 1.23. The van der Waals surface area contributed by atoms with Gasteiger partial charge in [0.25, 0.3) is 5.91 Å². The van der Waals surface area contributed by atoms with Crippen LogP contribution in [-0.2, 0) is 4.79 Å². The molecule has 2 atom stereocenters. The Bertz CT molecular complexity index is 525. The molecule has 0 unspecified atom stereocenters. The summed E-state index contributed by atoms with van der Waals surface area (Å²) in [4.78, 5) is 13.2. The number of hydrogen-bond acceptors (Lipinski definition) is 2. The van der Waals surface area contributed by atoms with E-state index in [9.17, 15) is 4.79 Å². The van der Waals surface area contributed by atoms with Crippen molar-refractivity contribution < 1.29 is 10.1 Å². The van der Waals surface area contributed by atoms with Crippen LogP contribution in [0.2, 0.25) is 0 Å². The predicted octanol–water partition coefficient (Wildman–Crippen LogP) is 1.93. The highest BCUT2D eigenvalue weighted by Gasteiger charge is 2.24. The van der Waals surface area contributed by atoms with Crippen molar-refractivity contribution in [1.82, 2.24) is 5.32 Å². The van der Waals surface area contributed by atoms with Gasteiger partial charge in [0.1, 0.15) is 6.04 Å². The molecule has 0 aliphatic carbocycles. The lowest BCUT2D eigenvalue weighted by Crippen LogP contribution is -2.92. The molecule has 2 rings (SSSR count). The molecule has 20 heavy (non-hydrogen) atoms. The van der Waals surface area contributed by atoms with Gasteiger partial charge < -0.3 is 10.6 Å². The smallest absolute Gasteiger partial charge is 0.277 e. The van der Waals surface area contributed by atoms with Crippen molar-refractivity contribution >= 4 is 17.2 Å². The first-order chi connectivity index (χ1) is 9.72. The molecule has 0 bridgehead atoms. The van der Waals surface area contributed by atoms with Crippen LogP contribution in [0, 0.1) is 0 Å². The molecular weight excluding hydrogens is 268 g/mol. The summed E-state index contributed by atoms with van der Waals surface area (Å²) in [5.74, 6) is 0.0880. The Hall–Kier alpha value is -1.65. The lowest BCUT2D eigenvalue weighted by Gasteiger charge is -2.19. The van der Waals surface area contributed by atoms with Gasteiger partial charge in [-0.15, -0.1) is 11.3 Å². The van der Waals surface area contributed by atoms with E-state index in [2.05, 4.69) is 40.3 Å². The largest absolute Gasteiger partial charge is 0.351 e. The number of carbonyl (C=O) groups is 1. The molecule has 1 heterocycles. The highest BCUT2D eigenvalue weighted by atomic mass is 32.1. The molecule has 0 radical (unpaired) electrons. The van der Waals surface area contributed by atoms with Crippen LogP contribution in [0.3, 0.4) is 0 Å². The minimum Gasteiger partial charge on any atom is -0.351 e. The van der Waals surface area contributed by atoms with E-state index >= 15 is 0 Å². The molecule has 0 fully saturated rings. The molecule has 3 N–H and O–H groups in total. The first kappa shape index (κ1) is 14.8. The van der Waals surface area contributed by atoms with Crippen molar-refractivity contribution in [3.05, 3.63) is 58.3 Å². The van der Waals surface area contributed by atoms with E-state index in [0.717, 1.165) is 0 Å². The number of thiophene rings is 1. The summed E-state index contributed by atoms with van der Waals surface area (Å²) < 4.78 is 0. The Labute approximate surface area is 124 Å². The fourth-order valence-corrected chi connectivity index (χ4v) is 3.04. The third-order valence-corrected chi connectivity index (χ3v) is 4.21. The molecule has 2 aromatic rings. The summed E-state index contributed by atoms with van der Waals surface area (Å²) in [6.07, 6.45) is 0. The van der Waals surface area contributed by atoms with Gasteiger partial charge in [-0.3, -0.25) is 4.79 Å². The number of benzene rings is 1. The minimum absolute atomic E-state index is 0.0880. The molecule has 106 valence electrons. The van der Waals surface area contributed by atoms with E-state index in [1.165, 1.54) is 10.4 Å². The molecule has 1 aromatic carbocycles. The Morgan fingerprint density at radius 3 is 2.60 bits per heavy atom. The zero-order valence-electron chi connectivity index (χ0n) is 11.9. The molecule has 4 heteroatoms. The van der Waals surface area contributed by atoms with Gasteiger partial charge in [-0.2, -0.15) is 0 Å². The van der Waals surface area contributed by atoms with Gasteiger partial charge in [0, 0.05) is 12.1 Å². The highest BCUT2D eigenvalue weighted by molar-refractivity contribution is 7.10. The maximum Gasteiger partial charge on any atom is 0.277 e. The quantitative estimate of drug-likeness (QED) is 0.838. The Morgan fingerprint density at radius 2 is 2.00 bits per heavy atom. The highest BCUT2D eigenvalue weighted by Crippen LogP contribution is 2.22. The Morgan fingerprint density at radius 1 is 1.25 bits per heavy atom. The summed E-state index contributed by atoms with van der Waals surface area (Å²) in [6.45, 7) is 4.57. The van der Waals surface area contributed by atoms with Crippen molar-refractivity contribution in [2.75, 3.05) is 6.54 Å². The van der Waals surface area contributed by atoms with Crippen molar-refractivity contribution in [2.45, 2.75) is 25.9 Å². The second-order valence-electron chi connectivity index (χ2n) is 4.78. The number of carbonyl (C=O) groups excluding carboxylic acids is 1. The summed E-state index contributed by atoms with van der Waals surface area (Å²) >= 11 is 1.73. The second kappa shape index (κ2) is 7.22. The fraction of sp³-hybridized carbons (Fsp3) is 0.312. The normalized spacial score (nSPS) is 13.7. The van der Waals surface area contributed by atoms with Gasteiger partial charge in [-0.1, -0.05) is 36.4 Å². The van der Waals surface area contributed by atoms with Gasteiger partial charge in [-0.05, 0) is 25.3 Å². The maximum absolute atomic E-state index is 11.9. The van der Waals surface area contributed by atoms with Crippen molar-refractivity contribution in [1.29, 1.82) is 0 Å². The van der Waals surface area contributed by atoms with E-state index in [1.54, 1.807) is 11.3 Å². The zero-order valence-corrected chi connectivity index (χ0v) is 12.7. The number of rotatable bonds is 6. The van der Waals surface area contributed by atoms with Gasteiger partial charge in [0.2, 0.25) is 0 Å². The third-order valence-electron chi connectivity index (χ3n) is 3.25. The maximum atomic E-state index is 11.9. The van der Waals surface area contributed by atoms with Crippen LogP contribution in [0.1, 0.15) is 30.3 Å². The molecule has 0 aliphatic rings. The SMILES string of the molecule is CCNC(=O)[C@H](C)[NH2+][C@@H](c1ccccc1)c1cccs1. The average molecular weight is 289 g/mol. The van der Waals surface area contributed by atoms with E-state index in [0.29, 0.717) is 6.54 Å². The first-order valence-corrected chi connectivity index (χ1v) is 7.81. The Kier molecular flexibility index (Phi) is 5.32. The van der Waals surface area contributed by atoms with E-state index in [4.69, 9.17) is 0 Å². The van der Waals surface area contributed by atoms with Crippen LogP contribution >= 0.6 is 11.3 Å². The van der Waals surface area contributed by atoms with Gasteiger partial charge in [0.15, 0.2) is 6.04 Å². The van der Waals surface area contributed by atoms with E-state index in [1.807, 2.05) is 32.0 Å². The van der Waals surface area contributed by atoms with Gasteiger partial charge >= 0.3 is 0 Å². The minimum atomic E-state index is -0.109. The van der Waals surface area contributed by atoms with E-state index in [-0.39, 0.29) is 18.0 Å². The molecule has 0 aliphatic heterocycles. The molecule has 0 saturated carbocycles. The number of likely N-dealkylation sites (N-methyl/N-ethyl adjacent to an activating group) is 1. The van der Waals surface area contributed by atoms with Crippen molar-refractivity contribution in [3.63, 3.8) is 0 Å². The number of nitrogens with two attached hydrogens (primary N) is 1. The molecule has 3 nitrogen and oxygen atoms in total. The summed E-state index contributed by atoms with van der Waals surface area (Å²) in [6, 6.07) is 14.6. The van der Waals surface area contributed by atoms with Crippen LogP contribution in [0.4, 0.5) is 0 Å². The van der Waals surface area contributed by atoms with Crippen LogP contribution in [0.15, 0.2) is 47.8 Å². The molecule has 1 amide bonds. The average Bonchev–Trinajstić information content (AvgIpc) is 2.99. The zero-order chi connectivity index (χ0) is 14.4. The predicted molar refractivity (Wildman–Crippen MR) is 82.7 cm³/mol. The Balaban J connectivity index is 2.18. The van der Waals surface area contributed by atoms with Crippen LogP contribution < -0.4 is 10.6 Å². The number of hydrogen-bond donors (Lipinski definition) is 2. The van der Waals surface area contributed by atoms with Gasteiger partial charge in [-0.25, -0.2) is 0 Å². The van der Waals surface area contributed by atoms with Crippen LogP contribution in [0.5, 0.6) is 0 Å². The first-order valence-electron chi connectivity index (χ1n) is 6.93. The standard InChI is InChI=1S/C16H20N2OS/c1-3-17-16(19)12(2)18-15(14-10-7-11-20-14)13-8-5-4-6-9-13/h4-12,15,18H,3H2,1-2H3,(H,17,19)/p+1/t12-,15-/m0/s1. The van der Waals surface area contributed by atoms with Crippen molar-refractivity contribution in [3.8, 4) is 0 Å². The number of amides is 1. The van der Waals surface area contributed by atoms with Crippen LogP contribution in [0.25, 0.3) is 0 Å². The summed E-state index contributed by atoms with van der Waals surface area (Å²) in [5, 5.41) is 7.09. The van der Waals surface area contributed by atoms with Crippen LogP contribution in [-0.4, -0.2) is 18.5 Å². The number of quaternary nitrogens is 1. The topological polar surface area (TPSA) is 45.7 Å². The summed E-state index contributed by atoms with van der Waals surface area (Å²) in [7, 11) is 0. The molecule has 0 saturated heterocycles. The van der Waals surface area contributed by atoms with E-state index < -0.39 is 0 Å². The molecule has 0 spiro atoms. The molecule has 1 aromatic heterocycles. The third kappa shape index (κ3) is 3.68.